The summed E-state index contributed by atoms with van der Waals surface area (Å²) in [5, 5.41) is 2.99. The zero-order valence-electron chi connectivity index (χ0n) is 10.1. The molecule has 3 rings (SSSR count). The fourth-order valence-electron chi connectivity index (χ4n) is 2.47. The zero-order chi connectivity index (χ0) is 12.4. The molecule has 1 aliphatic carbocycles. The van der Waals surface area contributed by atoms with E-state index in [1.165, 1.54) is 31.0 Å². The van der Waals surface area contributed by atoms with E-state index in [2.05, 4.69) is 14.1 Å². The number of hydrogen-bond acceptors (Lipinski definition) is 4. The van der Waals surface area contributed by atoms with Crippen molar-refractivity contribution in [3.63, 3.8) is 0 Å². The number of carbonyl (C=O) groups is 1. The van der Waals surface area contributed by atoms with Gasteiger partial charge in [0.25, 0.3) is 0 Å². The molecule has 1 amide bonds. The number of anilines is 1. The van der Waals surface area contributed by atoms with Gasteiger partial charge >= 0.3 is 0 Å². The minimum atomic E-state index is 0.150. The lowest BCUT2D eigenvalue weighted by molar-refractivity contribution is -0.120. The Hall–Kier alpha value is -1.49. The third kappa shape index (κ3) is 2.36. The summed E-state index contributed by atoms with van der Waals surface area (Å²) in [6.07, 6.45) is 5.65. The van der Waals surface area contributed by atoms with E-state index < -0.39 is 0 Å². The van der Waals surface area contributed by atoms with Crippen LogP contribution < -0.4 is 5.32 Å². The van der Waals surface area contributed by atoms with E-state index in [-0.39, 0.29) is 11.8 Å². The minimum absolute atomic E-state index is 0.150. The molecule has 0 aliphatic heterocycles. The summed E-state index contributed by atoms with van der Waals surface area (Å²) in [6, 6.07) is 5.68. The van der Waals surface area contributed by atoms with Crippen LogP contribution in [-0.2, 0) is 4.79 Å². The third-order valence-electron chi connectivity index (χ3n) is 3.50. The first kappa shape index (κ1) is 11.6. The molecule has 0 unspecified atom stereocenters. The Bertz CT molecular complexity index is 560. The Kier molecular flexibility index (Phi) is 3.23. The summed E-state index contributed by atoms with van der Waals surface area (Å²) in [7, 11) is 0. The van der Waals surface area contributed by atoms with Gasteiger partial charge in [-0.3, -0.25) is 4.79 Å². The molecule has 2 aromatic rings. The molecule has 18 heavy (non-hydrogen) atoms. The number of rotatable bonds is 2. The number of carbonyl (C=O) groups excluding carboxylic acids is 1. The molecule has 1 heterocycles. The molecule has 94 valence electrons. The van der Waals surface area contributed by atoms with E-state index in [9.17, 15) is 4.79 Å². The standard InChI is InChI=1S/C13H15N3OS/c17-13(9-4-2-1-3-5-9)14-10-6-7-11-12(8-10)16-18-15-11/h6-9H,1-5H2,(H,14,17). The highest BCUT2D eigenvalue weighted by Crippen LogP contribution is 2.25. The van der Waals surface area contributed by atoms with Crippen LogP contribution in [-0.4, -0.2) is 14.7 Å². The molecule has 0 atom stereocenters. The lowest BCUT2D eigenvalue weighted by atomic mass is 9.88. The second-order valence-corrected chi connectivity index (χ2v) is 5.32. The highest BCUT2D eigenvalue weighted by molar-refractivity contribution is 7.00. The van der Waals surface area contributed by atoms with E-state index in [1.54, 1.807) is 0 Å². The van der Waals surface area contributed by atoms with E-state index in [4.69, 9.17) is 0 Å². The highest BCUT2D eigenvalue weighted by atomic mass is 32.1. The van der Waals surface area contributed by atoms with Crippen molar-refractivity contribution in [2.24, 2.45) is 5.92 Å². The Balaban J connectivity index is 1.72. The first-order valence-corrected chi connectivity index (χ1v) is 7.09. The van der Waals surface area contributed by atoms with E-state index >= 15 is 0 Å². The average Bonchev–Trinajstić information content (AvgIpc) is 2.87. The number of amides is 1. The summed E-state index contributed by atoms with van der Waals surface area (Å²) in [5.74, 6) is 0.334. The van der Waals surface area contributed by atoms with Crippen LogP contribution in [0.1, 0.15) is 32.1 Å². The summed E-state index contributed by atoms with van der Waals surface area (Å²) >= 11 is 1.20. The van der Waals surface area contributed by atoms with Crippen molar-refractivity contribution in [1.82, 2.24) is 8.75 Å². The molecule has 1 aromatic heterocycles. The number of nitrogens with one attached hydrogen (secondary N) is 1. The van der Waals surface area contributed by atoms with E-state index in [1.807, 2.05) is 18.2 Å². The molecule has 0 radical (unpaired) electrons. The number of hydrogen-bond donors (Lipinski definition) is 1. The maximum atomic E-state index is 12.1. The maximum Gasteiger partial charge on any atom is 0.227 e. The van der Waals surface area contributed by atoms with Gasteiger partial charge in [0.15, 0.2) is 0 Å². The smallest absolute Gasteiger partial charge is 0.227 e. The van der Waals surface area contributed by atoms with Crippen molar-refractivity contribution in [2.75, 3.05) is 5.32 Å². The van der Waals surface area contributed by atoms with Crippen molar-refractivity contribution >= 4 is 34.4 Å². The van der Waals surface area contributed by atoms with Crippen LogP contribution in [0.2, 0.25) is 0 Å². The fourth-order valence-corrected chi connectivity index (χ4v) is 2.99. The molecule has 0 saturated heterocycles. The van der Waals surface area contributed by atoms with Crippen LogP contribution in [0.5, 0.6) is 0 Å². The quantitative estimate of drug-likeness (QED) is 0.903. The minimum Gasteiger partial charge on any atom is -0.326 e. The average molecular weight is 261 g/mol. The van der Waals surface area contributed by atoms with Crippen molar-refractivity contribution < 1.29 is 4.79 Å². The lowest BCUT2D eigenvalue weighted by Gasteiger charge is -2.20. The van der Waals surface area contributed by atoms with Crippen LogP contribution in [0, 0.1) is 5.92 Å². The molecule has 1 fully saturated rings. The first-order chi connectivity index (χ1) is 8.83. The van der Waals surface area contributed by atoms with E-state index in [0.717, 1.165) is 29.6 Å². The molecule has 5 heteroatoms. The van der Waals surface area contributed by atoms with Crippen LogP contribution in [0.25, 0.3) is 11.0 Å². The molecule has 1 saturated carbocycles. The number of aromatic nitrogens is 2. The molecule has 1 aliphatic rings. The van der Waals surface area contributed by atoms with Gasteiger partial charge in [0.05, 0.1) is 11.7 Å². The molecule has 4 nitrogen and oxygen atoms in total. The van der Waals surface area contributed by atoms with Crippen molar-refractivity contribution in [3.05, 3.63) is 18.2 Å². The first-order valence-electron chi connectivity index (χ1n) is 6.36. The second-order valence-electron chi connectivity index (χ2n) is 4.79. The van der Waals surface area contributed by atoms with Gasteiger partial charge in [0.2, 0.25) is 5.91 Å². The SMILES string of the molecule is O=C(Nc1ccc2nsnc2c1)C1CCCCC1. The molecular weight excluding hydrogens is 246 g/mol. The Morgan fingerprint density at radius 1 is 1.17 bits per heavy atom. The summed E-state index contributed by atoms with van der Waals surface area (Å²) in [6.45, 7) is 0. The van der Waals surface area contributed by atoms with Crippen LogP contribution >= 0.6 is 11.7 Å². The summed E-state index contributed by atoms with van der Waals surface area (Å²) in [5.41, 5.74) is 2.56. The van der Waals surface area contributed by atoms with Gasteiger partial charge in [-0.15, -0.1) is 0 Å². The van der Waals surface area contributed by atoms with Crippen molar-refractivity contribution in [2.45, 2.75) is 32.1 Å². The van der Waals surface area contributed by atoms with Gasteiger partial charge in [-0.25, -0.2) is 0 Å². The van der Waals surface area contributed by atoms with Crippen LogP contribution in [0.15, 0.2) is 18.2 Å². The molecule has 0 bridgehead atoms. The maximum absolute atomic E-state index is 12.1. The summed E-state index contributed by atoms with van der Waals surface area (Å²) in [4.78, 5) is 12.1. The van der Waals surface area contributed by atoms with Crippen LogP contribution in [0.3, 0.4) is 0 Å². The second kappa shape index (κ2) is 5.02. The molecule has 0 spiro atoms. The van der Waals surface area contributed by atoms with E-state index in [0.29, 0.717) is 0 Å². The third-order valence-corrected chi connectivity index (χ3v) is 4.05. The number of fused-ring (bicyclic) bond motifs is 1. The molecular formula is C13H15N3OS. The monoisotopic (exact) mass is 261 g/mol. The van der Waals surface area contributed by atoms with Gasteiger partial charge in [0, 0.05) is 11.6 Å². The number of benzene rings is 1. The van der Waals surface area contributed by atoms with Crippen molar-refractivity contribution in [1.29, 1.82) is 0 Å². The zero-order valence-corrected chi connectivity index (χ0v) is 10.9. The van der Waals surface area contributed by atoms with Crippen LogP contribution in [0.4, 0.5) is 5.69 Å². The Morgan fingerprint density at radius 3 is 2.78 bits per heavy atom. The van der Waals surface area contributed by atoms with Gasteiger partial charge in [-0.2, -0.15) is 8.75 Å². The normalized spacial score (nSPS) is 16.9. The largest absolute Gasteiger partial charge is 0.326 e. The van der Waals surface area contributed by atoms with Gasteiger partial charge in [-0.1, -0.05) is 19.3 Å². The summed E-state index contributed by atoms with van der Waals surface area (Å²) < 4.78 is 8.33. The molecule has 1 N–H and O–H groups in total. The van der Waals surface area contributed by atoms with Gasteiger partial charge < -0.3 is 5.32 Å². The number of nitrogens with zero attached hydrogens (tertiary/aromatic N) is 2. The lowest BCUT2D eigenvalue weighted by Crippen LogP contribution is -2.24. The Labute approximate surface area is 110 Å². The Morgan fingerprint density at radius 2 is 1.94 bits per heavy atom. The fraction of sp³-hybridized carbons (Fsp3) is 0.462. The highest BCUT2D eigenvalue weighted by Gasteiger charge is 2.21. The van der Waals surface area contributed by atoms with Gasteiger partial charge in [-0.05, 0) is 31.0 Å². The predicted molar refractivity (Wildman–Crippen MR) is 72.6 cm³/mol. The van der Waals surface area contributed by atoms with Gasteiger partial charge in [0.1, 0.15) is 11.0 Å². The topological polar surface area (TPSA) is 54.9 Å². The van der Waals surface area contributed by atoms with Crippen molar-refractivity contribution in [3.8, 4) is 0 Å². The predicted octanol–water partition coefficient (Wildman–Crippen LogP) is 3.21. The molecule has 1 aromatic carbocycles.